The second kappa shape index (κ2) is 5.05. The van der Waals surface area contributed by atoms with E-state index in [0.717, 1.165) is 5.56 Å². The number of rotatable bonds is 2. The number of hydrogen-bond acceptors (Lipinski definition) is 2. The number of nitrogens with two attached hydrogens (primary N) is 1. The van der Waals surface area contributed by atoms with Crippen LogP contribution in [0.5, 0.6) is 0 Å². The van der Waals surface area contributed by atoms with Gasteiger partial charge in [-0.1, -0.05) is 11.8 Å². The zero-order valence-corrected chi connectivity index (χ0v) is 8.00. The van der Waals surface area contributed by atoms with Gasteiger partial charge in [0.25, 0.3) is 0 Å². The number of hydrogen-bond donors (Lipinski definition) is 2. The first-order valence-electron chi connectivity index (χ1n) is 4.27. The van der Waals surface area contributed by atoms with Crippen molar-refractivity contribution < 1.29 is 4.79 Å². The summed E-state index contributed by atoms with van der Waals surface area (Å²) in [4.78, 5) is 10.7. The normalized spacial score (nSPS) is 8.93. The van der Waals surface area contributed by atoms with Crippen molar-refractivity contribution in [1.29, 1.82) is 0 Å². The number of amides is 1. The van der Waals surface area contributed by atoms with Crippen molar-refractivity contribution >= 4 is 5.91 Å². The smallest absolute Gasteiger partial charge is 0.248 e. The highest BCUT2D eigenvalue weighted by molar-refractivity contribution is 5.92. The van der Waals surface area contributed by atoms with Gasteiger partial charge in [0.1, 0.15) is 0 Å². The van der Waals surface area contributed by atoms with E-state index in [1.807, 2.05) is 7.05 Å². The lowest BCUT2D eigenvalue weighted by atomic mass is 10.1. The highest BCUT2D eigenvalue weighted by Gasteiger charge is 1.97. The van der Waals surface area contributed by atoms with E-state index >= 15 is 0 Å². The van der Waals surface area contributed by atoms with Crippen molar-refractivity contribution in [2.45, 2.75) is 0 Å². The predicted octanol–water partition coefficient (Wildman–Crippen LogP) is 0.356. The van der Waals surface area contributed by atoms with Crippen molar-refractivity contribution in [1.82, 2.24) is 5.32 Å². The van der Waals surface area contributed by atoms with Gasteiger partial charge in [0, 0.05) is 11.1 Å². The minimum Gasteiger partial charge on any atom is -0.366 e. The third-order valence-corrected chi connectivity index (χ3v) is 1.67. The molecule has 0 radical (unpaired) electrons. The van der Waals surface area contributed by atoms with E-state index in [4.69, 9.17) is 5.73 Å². The van der Waals surface area contributed by atoms with Gasteiger partial charge in [-0.3, -0.25) is 4.79 Å². The highest BCUT2D eigenvalue weighted by Crippen LogP contribution is 2.01. The Bertz CT molecular complexity index is 371. The Labute approximate surface area is 83.3 Å². The molecule has 0 aromatic heterocycles. The van der Waals surface area contributed by atoms with Crippen LogP contribution in [0.15, 0.2) is 24.3 Å². The summed E-state index contributed by atoms with van der Waals surface area (Å²) < 4.78 is 0. The Morgan fingerprint density at radius 1 is 1.43 bits per heavy atom. The molecule has 3 nitrogen and oxygen atoms in total. The molecule has 0 bridgehead atoms. The molecule has 0 atom stereocenters. The van der Waals surface area contributed by atoms with E-state index in [1.165, 1.54) is 0 Å². The van der Waals surface area contributed by atoms with Crippen LogP contribution >= 0.6 is 0 Å². The molecule has 3 N–H and O–H groups in total. The summed E-state index contributed by atoms with van der Waals surface area (Å²) >= 11 is 0. The standard InChI is InChI=1S/C11H12N2O/c1-13-8-2-3-9-4-6-10(7-5-9)11(12)14/h4-7,13H,8H2,1H3,(H2,12,14). The monoisotopic (exact) mass is 188 g/mol. The van der Waals surface area contributed by atoms with Crippen molar-refractivity contribution in [2.75, 3.05) is 13.6 Å². The molecule has 0 heterocycles. The third-order valence-electron chi connectivity index (χ3n) is 1.67. The summed E-state index contributed by atoms with van der Waals surface area (Å²) in [5, 5.41) is 2.92. The Hall–Kier alpha value is -1.79. The van der Waals surface area contributed by atoms with Crippen LogP contribution in [0, 0.1) is 11.8 Å². The maximum absolute atomic E-state index is 10.7. The first-order valence-corrected chi connectivity index (χ1v) is 4.27. The number of benzene rings is 1. The number of nitrogens with one attached hydrogen (secondary N) is 1. The topological polar surface area (TPSA) is 55.1 Å². The molecule has 1 aromatic rings. The molecule has 0 aliphatic rings. The average Bonchev–Trinajstić information content (AvgIpc) is 2.19. The molecular formula is C11H12N2O. The van der Waals surface area contributed by atoms with Crippen molar-refractivity contribution in [2.24, 2.45) is 5.73 Å². The van der Waals surface area contributed by atoms with Gasteiger partial charge >= 0.3 is 0 Å². The molecule has 1 rings (SSSR count). The molecule has 0 fully saturated rings. The van der Waals surface area contributed by atoms with E-state index in [9.17, 15) is 4.79 Å². The van der Waals surface area contributed by atoms with Crippen molar-refractivity contribution in [3.8, 4) is 11.8 Å². The van der Waals surface area contributed by atoms with Gasteiger partial charge in [-0.25, -0.2) is 0 Å². The molecule has 0 saturated heterocycles. The largest absolute Gasteiger partial charge is 0.366 e. The lowest BCUT2D eigenvalue weighted by molar-refractivity contribution is 0.100. The van der Waals surface area contributed by atoms with Crippen LogP contribution in [0.3, 0.4) is 0 Å². The molecule has 3 heteroatoms. The third kappa shape index (κ3) is 2.92. The first-order chi connectivity index (χ1) is 6.74. The molecule has 0 spiro atoms. The van der Waals surface area contributed by atoms with Crippen LogP contribution in [0.25, 0.3) is 0 Å². The molecule has 1 aromatic carbocycles. The Morgan fingerprint density at radius 2 is 2.07 bits per heavy atom. The van der Waals surface area contributed by atoms with Gasteiger partial charge in [0.15, 0.2) is 0 Å². The minimum absolute atomic E-state index is 0.417. The van der Waals surface area contributed by atoms with Gasteiger partial charge in [-0.05, 0) is 31.3 Å². The van der Waals surface area contributed by atoms with E-state index in [1.54, 1.807) is 24.3 Å². The van der Waals surface area contributed by atoms with Crippen molar-refractivity contribution in [3.63, 3.8) is 0 Å². The van der Waals surface area contributed by atoms with E-state index < -0.39 is 5.91 Å². The lowest BCUT2D eigenvalue weighted by Crippen LogP contribution is -2.10. The quantitative estimate of drug-likeness (QED) is 0.658. The lowest BCUT2D eigenvalue weighted by Gasteiger charge is -1.94. The predicted molar refractivity (Wildman–Crippen MR) is 55.8 cm³/mol. The Kier molecular flexibility index (Phi) is 3.71. The summed E-state index contributed by atoms with van der Waals surface area (Å²) in [6, 6.07) is 6.91. The second-order valence-corrected chi connectivity index (χ2v) is 2.77. The van der Waals surface area contributed by atoms with Crippen LogP contribution in [0.4, 0.5) is 0 Å². The molecule has 72 valence electrons. The summed E-state index contributed by atoms with van der Waals surface area (Å²) in [5.41, 5.74) is 6.48. The number of carbonyl (C=O) groups is 1. The highest BCUT2D eigenvalue weighted by atomic mass is 16.1. The average molecular weight is 188 g/mol. The summed E-state index contributed by atoms with van der Waals surface area (Å²) in [6.45, 7) is 0.650. The Morgan fingerprint density at radius 3 is 2.57 bits per heavy atom. The SMILES string of the molecule is CNCC#Cc1ccc(C(N)=O)cc1. The molecule has 0 unspecified atom stereocenters. The van der Waals surface area contributed by atoms with Gasteiger partial charge < -0.3 is 11.1 Å². The fraction of sp³-hybridized carbons (Fsp3) is 0.182. The van der Waals surface area contributed by atoms with Gasteiger partial charge in [-0.2, -0.15) is 0 Å². The van der Waals surface area contributed by atoms with Crippen LogP contribution < -0.4 is 11.1 Å². The molecule has 14 heavy (non-hydrogen) atoms. The fourth-order valence-corrected chi connectivity index (χ4v) is 0.952. The van der Waals surface area contributed by atoms with Crippen LogP contribution in [-0.4, -0.2) is 19.5 Å². The minimum atomic E-state index is -0.417. The molecule has 0 aliphatic carbocycles. The van der Waals surface area contributed by atoms with Gasteiger partial charge in [0.05, 0.1) is 6.54 Å². The fourth-order valence-electron chi connectivity index (χ4n) is 0.952. The molecule has 0 saturated carbocycles. The maximum Gasteiger partial charge on any atom is 0.248 e. The number of carbonyl (C=O) groups excluding carboxylic acids is 1. The first kappa shape index (κ1) is 10.3. The maximum atomic E-state index is 10.7. The van der Waals surface area contributed by atoms with Crippen molar-refractivity contribution in [3.05, 3.63) is 35.4 Å². The number of primary amides is 1. The van der Waals surface area contributed by atoms with Gasteiger partial charge in [0.2, 0.25) is 5.91 Å². The summed E-state index contributed by atoms with van der Waals surface area (Å²) in [6.07, 6.45) is 0. The molecule has 1 amide bonds. The summed E-state index contributed by atoms with van der Waals surface area (Å²) in [7, 11) is 1.84. The van der Waals surface area contributed by atoms with E-state index in [-0.39, 0.29) is 0 Å². The second-order valence-electron chi connectivity index (χ2n) is 2.77. The zero-order chi connectivity index (χ0) is 10.4. The van der Waals surface area contributed by atoms with Crippen LogP contribution in [0.2, 0.25) is 0 Å². The summed E-state index contributed by atoms with van der Waals surface area (Å²) in [5.74, 6) is 5.45. The zero-order valence-electron chi connectivity index (χ0n) is 8.00. The van der Waals surface area contributed by atoms with Gasteiger partial charge in [-0.15, -0.1) is 0 Å². The van der Waals surface area contributed by atoms with E-state index in [0.29, 0.717) is 12.1 Å². The Balaban J connectivity index is 2.75. The van der Waals surface area contributed by atoms with Crippen LogP contribution in [0.1, 0.15) is 15.9 Å². The molecular weight excluding hydrogens is 176 g/mol. The molecule has 0 aliphatic heterocycles. The van der Waals surface area contributed by atoms with Crippen LogP contribution in [-0.2, 0) is 0 Å². The van der Waals surface area contributed by atoms with E-state index in [2.05, 4.69) is 17.2 Å².